The van der Waals surface area contributed by atoms with Crippen LogP contribution in [0.4, 0.5) is 0 Å². The lowest BCUT2D eigenvalue weighted by Gasteiger charge is -2.16. The summed E-state index contributed by atoms with van der Waals surface area (Å²) in [6, 6.07) is 0.758. The Bertz CT molecular complexity index is 198. The average Bonchev–Trinajstić information content (AvgIpc) is 2.46. The van der Waals surface area contributed by atoms with Gasteiger partial charge in [-0.2, -0.15) is 0 Å². The van der Waals surface area contributed by atoms with Crippen LogP contribution in [-0.2, 0) is 0 Å². The van der Waals surface area contributed by atoms with Crippen molar-refractivity contribution in [2.24, 2.45) is 5.73 Å². The van der Waals surface area contributed by atoms with Crippen molar-refractivity contribution >= 4 is 0 Å². The van der Waals surface area contributed by atoms with Crippen molar-refractivity contribution in [1.29, 1.82) is 0 Å². The van der Waals surface area contributed by atoms with E-state index in [4.69, 9.17) is 5.73 Å². The highest BCUT2D eigenvalue weighted by Crippen LogP contribution is 2.10. The molecule has 0 aliphatic carbocycles. The standard InChI is InChI=1S/C18H41N3.H3N/c1-4-5-6-7-8-9-10-11-12-13-14-20-16-18(3)21-15-17(2)19;/h17-18,20-21H,4-16,19H2,1-3H3;1H3. The van der Waals surface area contributed by atoms with Crippen molar-refractivity contribution in [3.05, 3.63) is 0 Å². The minimum absolute atomic E-state index is 0. The molecule has 0 radical (unpaired) electrons. The second-order valence-corrected chi connectivity index (χ2v) is 6.67. The Labute approximate surface area is 140 Å². The number of nitrogens with two attached hydrogens (primary N) is 1. The third-order valence-corrected chi connectivity index (χ3v) is 3.95. The van der Waals surface area contributed by atoms with Crippen molar-refractivity contribution in [3.8, 4) is 0 Å². The van der Waals surface area contributed by atoms with Crippen LogP contribution in [-0.4, -0.2) is 31.7 Å². The average molecular weight is 317 g/mol. The van der Waals surface area contributed by atoms with E-state index in [1.165, 1.54) is 64.2 Å². The molecule has 4 heteroatoms. The molecule has 0 aromatic heterocycles. The fourth-order valence-corrected chi connectivity index (χ4v) is 2.52. The third-order valence-electron chi connectivity index (χ3n) is 3.95. The number of nitrogens with one attached hydrogen (secondary N) is 2. The summed E-state index contributed by atoms with van der Waals surface area (Å²) >= 11 is 0. The van der Waals surface area contributed by atoms with E-state index >= 15 is 0 Å². The maximum atomic E-state index is 5.73. The van der Waals surface area contributed by atoms with Gasteiger partial charge >= 0.3 is 0 Å². The summed E-state index contributed by atoms with van der Waals surface area (Å²) < 4.78 is 0. The smallest absolute Gasteiger partial charge is 0.0164 e. The van der Waals surface area contributed by atoms with E-state index in [0.29, 0.717) is 6.04 Å². The van der Waals surface area contributed by atoms with Crippen LogP contribution >= 0.6 is 0 Å². The Morgan fingerprint density at radius 1 is 0.773 bits per heavy atom. The highest BCUT2D eigenvalue weighted by molar-refractivity contribution is 4.67. The molecule has 0 rings (SSSR count). The van der Waals surface area contributed by atoms with Crippen molar-refractivity contribution in [3.63, 3.8) is 0 Å². The molecule has 0 bridgehead atoms. The van der Waals surface area contributed by atoms with Gasteiger partial charge in [-0.05, 0) is 26.8 Å². The zero-order chi connectivity index (χ0) is 15.8. The molecule has 2 unspecified atom stereocenters. The van der Waals surface area contributed by atoms with E-state index in [2.05, 4.69) is 24.5 Å². The maximum Gasteiger partial charge on any atom is 0.0164 e. The largest absolute Gasteiger partial charge is 0.344 e. The van der Waals surface area contributed by atoms with Crippen LogP contribution in [0, 0.1) is 0 Å². The van der Waals surface area contributed by atoms with Gasteiger partial charge in [0.25, 0.3) is 0 Å². The molecule has 2 atom stereocenters. The molecule has 0 saturated carbocycles. The van der Waals surface area contributed by atoms with Gasteiger partial charge in [0.1, 0.15) is 0 Å². The summed E-state index contributed by atoms with van der Waals surface area (Å²) in [5.41, 5.74) is 5.73. The molecule has 0 aromatic carbocycles. The predicted octanol–water partition coefficient (Wildman–Crippen LogP) is 3.98. The molecule has 0 aromatic rings. The normalized spacial score (nSPS) is 13.6. The Morgan fingerprint density at radius 2 is 1.27 bits per heavy atom. The molecule has 22 heavy (non-hydrogen) atoms. The summed E-state index contributed by atoms with van der Waals surface area (Å²) in [7, 11) is 0. The number of hydrogen-bond donors (Lipinski definition) is 4. The quantitative estimate of drug-likeness (QED) is 0.324. The van der Waals surface area contributed by atoms with Crippen LogP contribution in [0.15, 0.2) is 0 Å². The van der Waals surface area contributed by atoms with Gasteiger partial charge in [-0.3, -0.25) is 0 Å². The van der Waals surface area contributed by atoms with Crippen molar-refractivity contribution in [1.82, 2.24) is 16.8 Å². The van der Waals surface area contributed by atoms with Gasteiger partial charge in [-0.15, -0.1) is 0 Å². The van der Waals surface area contributed by atoms with Crippen molar-refractivity contribution < 1.29 is 0 Å². The van der Waals surface area contributed by atoms with Crippen molar-refractivity contribution in [2.45, 2.75) is 97.1 Å². The highest BCUT2D eigenvalue weighted by atomic mass is 15.0. The maximum absolute atomic E-state index is 5.73. The van der Waals surface area contributed by atoms with Crippen LogP contribution in [0.2, 0.25) is 0 Å². The van der Waals surface area contributed by atoms with Gasteiger partial charge < -0.3 is 22.5 Å². The summed E-state index contributed by atoms with van der Waals surface area (Å²) in [6.07, 6.45) is 14.1. The topological polar surface area (TPSA) is 85.1 Å². The van der Waals surface area contributed by atoms with Gasteiger partial charge in [0.2, 0.25) is 0 Å². The molecule has 0 saturated heterocycles. The van der Waals surface area contributed by atoms with E-state index in [-0.39, 0.29) is 12.2 Å². The number of hydrogen-bond acceptors (Lipinski definition) is 4. The lowest BCUT2D eigenvalue weighted by atomic mass is 10.1. The van der Waals surface area contributed by atoms with E-state index in [9.17, 15) is 0 Å². The molecule has 0 aliphatic heterocycles. The second kappa shape index (κ2) is 18.9. The third kappa shape index (κ3) is 19.8. The number of unbranched alkanes of at least 4 members (excludes halogenated alkanes) is 9. The minimum Gasteiger partial charge on any atom is -0.344 e. The SMILES string of the molecule is CCCCCCCCCCCCNCC(C)NCC(C)N.N. The summed E-state index contributed by atoms with van der Waals surface area (Å²) in [5, 5.41) is 6.97. The molecule has 0 aliphatic rings. The molecular weight excluding hydrogens is 272 g/mol. The highest BCUT2D eigenvalue weighted by Gasteiger charge is 2.01. The molecule has 136 valence electrons. The zero-order valence-corrected chi connectivity index (χ0v) is 15.6. The van der Waals surface area contributed by atoms with Crippen LogP contribution < -0.4 is 22.5 Å². The fourth-order valence-electron chi connectivity index (χ4n) is 2.52. The first kappa shape index (κ1) is 24.1. The van der Waals surface area contributed by atoms with E-state index in [1.807, 2.05) is 6.92 Å². The first-order chi connectivity index (χ1) is 10.2. The van der Waals surface area contributed by atoms with Crippen LogP contribution in [0.1, 0.15) is 85.0 Å². The van der Waals surface area contributed by atoms with E-state index in [1.54, 1.807) is 0 Å². The Kier molecular flexibility index (Phi) is 20.7. The van der Waals surface area contributed by atoms with Crippen LogP contribution in [0.3, 0.4) is 0 Å². The molecule has 7 N–H and O–H groups in total. The molecule has 4 nitrogen and oxygen atoms in total. The molecule has 0 amide bonds. The van der Waals surface area contributed by atoms with Crippen LogP contribution in [0.5, 0.6) is 0 Å². The van der Waals surface area contributed by atoms with E-state index < -0.39 is 0 Å². The summed E-state index contributed by atoms with van der Waals surface area (Å²) in [5.74, 6) is 0. The lowest BCUT2D eigenvalue weighted by Crippen LogP contribution is -2.41. The van der Waals surface area contributed by atoms with Gasteiger partial charge in [0.05, 0.1) is 0 Å². The minimum atomic E-state index is 0. The zero-order valence-electron chi connectivity index (χ0n) is 15.6. The van der Waals surface area contributed by atoms with Gasteiger partial charge in [-0.1, -0.05) is 64.7 Å². The Balaban J connectivity index is 0. The second-order valence-electron chi connectivity index (χ2n) is 6.67. The predicted molar refractivity (Wildman–Crippen MR) is 101 cm³/mol. The molecule has 0 heterocycles. The molecule has 0 spiro atoms. The summed E-state index contributed by atoms with van der Waals surface area (Å²) in [6.45, 7) is 9.64. The fraction of sp³-hybridized carbons (Fsp3) is 1.00. The Hall–Kier alpha value is -0.160. The Morgan fingerprint density at radius 3 is 1.77 bits per heavy atom. The van der Waals surface area contributed by atoms with Gasteiger partial charge in [0.15, 0.2) is 0 Å². The first-order valence-electron chi connectivity index (χ1n) is 9.36. The first-order valence-corrected chi connectivity index (χ1v) is 9.36. The van der Waals surface area contributed by atoms with Crippen LogP contribution in [0.25, 0.3) is 0 Å². The lowest BCUT2D eigenvalue weighted by molar-refractivity contribution is 0.474. The molecule has 0 fully saturated rings. The monoisotopic (exact) mass is 316 g/mol. The van der Waals surface area contributed by atoms with E-state index in [0.717, 1.165) is 19.6 Å². The molecular formula is C18H44N4. The van der Waals surface area contributed by atoms with Crippen molar-refractivity contribution in [2.75, 3.05) is 19.6 Å². The van der Waals surface area contributed by atoms with Gasteiger partial charge in [0, 0.05) is 25.2 Å². The summed E-state index contributed by atoms with van der Waals surface area (Å²) in [4.78, 5) is 0. The van der Waals surface area contributed by atoms with Gasteiger partial charge in [-0.25, -0.2) is 0 Å². The number of rotatable bonds is 16.